The van der Waals surface area contributed by atoms with Crippen LogP contribution in [0.3, 0.4) is 0 Å². The molecule has 0 aromatic rings. The molecule has 0 aliphatic heterocycles. The molecule has 0 amide bonds. The first-order valence-corrected chi connectivity index (χ1v) is 2.67. The summed E-state index contributed by atoms with van der Waals surface area (Å²) in [5, 5.41) is 0. The zero-order valence-electron chi connectivity index (χ0n) is 4.15. The highest BCUT2D eigenvalue weighted by molar-refractivity contribution is 7.80. The van der Waals surface area contributed by atoms with E-state index in [1.807, 2.05) is 0 Å². The van der Waals surface area contributed by atoms with E-state index in [4.69, 9.17) is 0 Å². The number of allylic oxidation sites excluding steroid dienone is 4. The minimum Gasteiger partial charge on any atom is -0.211 e. The van der Waals surface area contributed by atoms with Crippen LogP contribution in [0.1, 0.15) is 6.42 Å². The molecule has 0 fully saturated rings. The van der Waals surface area contributed by atoms with Crippen LogP contribution in [0.25, 0.3) is 0 Å². The second-order valence-electron chi connectivity index (χ2n) is 1.52. The van der Waals surface area contributed by atoms with Crippen LogP contribution in [0.4, 0.5) is 4.39 Å². The molecule has 0 spiro atoms. The second kappa shape index (κ2) is 2.18. The van der Waals surface area contributed by atoms with Gasteiger partial charge in [0.25, 0.3) is 0 Å². The average Bonchev–Trinajstić information content (AvgIpc) is 1.64. The maximum absolute atomic E-state index is 12.1. The molecule has 0 bridgehead atoms. The van der Waals surface area contributed by atoms with Gasteiger partial charge in [0, 0.05) is 11.3 Å². The highest BCUT2D eigenvalue weighted by Crippen LogP contribution is 2.09. The van der Waals surface area contributed by atoms with Gasteiger partial charge in [0.15, 0.2) is 0 Å². The fraction of sp³-hybridized carbons (Fsp3) is 0.167. The number of halogens is 1. The van der Waals surface area contributed by atoms with Crippen LogP contribution < -0.4 is 0 Å². The lowest BCUT2D eigenvalue weighted by molar-refractivity contribution is 0.624. The molecule has 0 aromatic heterocycles. The quantitative estimate of drug-likeness (QED) is 0.448. The Kier molecular flexibility index (Phi) is 1.53. The van der Waals surface area contributed by atoms with Crippen LogP contribution in [0, 0.1) is 6.08 Å². The van der Waals surface area contributed by atoms with Crippen molar-refractivity contribution in [2.45, 2.75) is 6.42 Å². The molecular formula is C6H4FS. The summed E-state index contributed by atoms with van der Waals surface area (Å²) in [5.41, 5.74) is 0. The molecular weight excluding hydrogens is 123 g/mol. The molecule has 0 heterocycles. The monoisotopic (exact) mass is 127 g/mol. The Morgan fingerprint density at radius 2 is 2.50 bits per heavy atom. The lowest BCUT2D eigenvalue weighted by Crippen LogP contribution is -1.93. The normalized spacial score (nSPS) is 18.6. The summed E-state index contributed by atoms with van der Waals surface area (Å²) in [6, 6.07) is 0. The lowest BCUT2D eigenvalue weighted by atomic mass is 10.2. The summed E-state index contributed by atoms with van der Waals surface area (Å²) in [6.07, 6.45) is 5.83. The van der Waals surface area contributed by atoms with E-state index >= 15 is 0 Å². The number of thiocarbonyl (C=S) groups is 1. The summed E-state index contributed by atoms with van der Waals surface area (Å²) in [4.78, 5) is 0.546. The van der Waals surface area contributed by atoms with Crippen LogP contribution >= 0.6 is 12.2 Å². The Morgan fingerprint density at radius 3 is 2.88 bits per heavy atom. The first-order chi connectivity index (χ1) is 3.79. The Hall–Kier alpha value is -0.500. The molecule has 0 aromatic carbocycles. The van der Waals surface area contributed by atoms with Crippen LogP contribution in [0.15, 0.2) is 18.0 Å². The fourth-order valence-electron chi connectivity index (χ4n) is 0.488. The first-order valence-electron chi connectivity index (χ1n) is 2.26. The first kappa shape index (κ1) is 5.63. The Labute approximate surface area is 52.7 Å². The average molecular weight is 127 g/mol. The summed E-state index contributed by atoms with van der Waals surface area (Å²) >= 11 is 4.66. The second-order valence-corrected chi connectivity index (χ2v) is 2.02. The highest BCUT2D eigenvalue weighted by Gasteiger charge is 2.00. The van der Waals surface area contributed by atoms with Crippen molar-refractivity contribution in [2.75, 3.05) is 0 Å². The van der Waals surface area contributed by atoms with Gasteiger partial charge in [0.05, 0.1) is 0 Å². The van der Waals surface area contributed by atoms with E-state index in [1.165, 1.54) is 12.2 Å². The molecule has 0 atom stereocenters. The van der Waals surface area contributed by atoms with Gasteiger partial charge in [0.2, 0.25) is 0 Å². The number of hydrogen-bond donors (Lipinski definition) is 0. The van der Waals surface area contributed by atoms with Crippen molar-refractivity contribution in [3.63, 3.8) is 0 Å². The SMILES string of the molecule is FC1=CC=[C]C(=S)C1. The number of hydrogen-bond acceptors (Lipinski definition) is 1. The maximum Gasteiger partial charge on any atom is 0.105 e. The summed E-state index contributed by atoms with van der Waals surface area (Å²) in [6.45, 7) is 0. The predicted molar refractivity (Wildman–Crippen MR) is 34.2 cm³/mol. The van der Waals surface area contributed by atoms with Gasteiger partial charge in [-0.3, -0.25) is 0 Å². The van der Waals surface area contributed by atoms with Crippen molar-refractivity contribution < 1.29 is 4.39 Å². The van der Waals surface area contributed by atoms with Gasteiger partial charge in [-0.1, -0.05) is 18.3 Å². The van der Waals surface area contributed by atoms with Gasteiger partial charge in [-0.2, -0.15) is 0 Å². The van der Waals surface area contributed by atoms with Gasteiger partial charge in [-0.05, 0) is 12.2 Å². The maximum atomic E-state index is 12.1. The third-order valence-corrected chi connectivity index (χ3v) is 1.10. The molecule has 2 heteroatoms. The molecule has 0 saturated heterocycles. The van der Waals surface area contributed by atoms with Crippen molar-refractivity contribution in [3.8, 4) is 0 Å². The van der Waals surface area contributed by atoms with E-state index in [9.17, 15) is 4.39 Å². The van der Waals surface area contributed by atoms with Crippen molar-refractivity contribution in [1.82, 2.24) is 0 Å². The third-order valence-electron chi connectivity index (χ3n) is 0.838. The van der Waals surface area contributed by atoms with E-state index in [0.29, 0.717) is 4.86 Å². The zero-order chi connectivity index (χ0) is 5.98. The molecule has 0 unspecified atom stereocenters. The molecule has 1 aliphatic rings. The van der Waals surface area contributed by atoms with Crippen molar-refractivity contribution in [1.29, 1.82) is 0 Å². The Morgan fingerprint density at radius 1 is 1.75 bits per heavy atom. The molecule has 1 aliphatic carbocycles. The molecule has 8 heavy (non-hydrogen) atoms. The van der Waals surface area contributed by atoms with Crippen molar-refractivity contribution in [3.05, 3.63) is 24.1 Å². The molecule has 1 rings (SSSR count). The fourth-order valence-corrected chi connectivity index (χ4v) is 0.694. The molecule has 0 N–H and O–H groups in total. The van der Waals surface area contributed by atoms with Gasteiger partial charge in [-0.25, -0.2) is 4.39 Å². The summed E-state index contributed by atoms with van der Waals surface area (Å²) < 4.78 is 12.1. The standard InChI is InChI=1S/C6H4FS/c7-5-2-1-3-6(8)4-5/h1-2H,4H2. The van der Waals surface area contributed by atoms with Crippen LogP contribution in [0.2, 0.25) is 0 Å². The predicted octanol–water partition coefficient (Wildman–Crippen LogP) is 1.97. The minimum atomic E-state index is -0.172. The van der Waals surface area contributed by atoms with Crippen LogP contribution in [0.5, 0.6) is 0 Å². The Bertz CT molecular complexity index is 167. The topological polar surface area (TPSA) is 0 Å². The smallest absolute Gasteiger partial charge is 0.105 e. The summed E-state index contributed by atoms with van der Waals surface area (Å²) in [7, 11) is 0. The number of rotatable bonds is 0. The van der Waals surface area contributed by atoms with Gasteiger partial charge >= 0.3 is 0 Å². The Balaban J connectivity index is 2.73. The van der Waals surface area contributed by atoms with Crippen LogP contribution in [-0.2, 0) is 0 Å². The van der Waals surface area contributed by atoms with Crippen molar-refractivity contribution >= 4 is 17.1 Å². The molecule has 0 nitrogen and oxygen atoms in total. The third kappa shape index (κ3) is 1.23. The molecule has 1 radical (unpaired) electrons. The van der Waals surface area contributed by atoms with Gasteiger partial charge in [-0.15, -0.1) is 0 Å². The van der Waals surface area contributed by atoms with E-state index in [-0.39, 0.29) is 12.2 Å². The van der Waals surface area contributed by atoms with E-state index < -0.39 is 0 Å². The zero-order valence-corrected chi connectivity index (χ0v) is 4.96. The highest BCUT2D eigenvalue weighted by atomic mass is 32.1. The van der Waals surface area contributed by atoms with E-state index in [1.54, 1.807) is 0 Å². The largest absolute Gasteiger partial charge is 0.211 e. The summed E-state index contributed by atoms with van der Waals surface area (Å²) in [5.74, 6) is -0.172. The molecule has 0 saturated carbocycles. The van der Waals surface area contributed by atoms with Crippen LogP contribution in [-0.4, -0.2) is 4.86 Å². The van der Waals surface area contributed by atoms with E-state index in [0.717, 1.165) is 0 Å². The minimum absolute atomic E-state index is 0.172. The van der Waals surface area contributed by atoms with Gasteiger partial charge in [0.1, 0.15) is 5.83 Å². The van der Waals surface area contributed by atoms with Crippen molar-refractivity contribution in [2.24, 2.45) is 0 Å². The van der Waals surface area contributed by atoms with Gasteiger partial charge < -0.3 is 0 Å². The lowest BCUT2D eigenvalue weighted by Gasteiger charge is -1.96. The molecule has 41 valence electrons. The van der Waals surface area contributed by atoms with E-state index in [2.05, 4.69) is 18.3 Å².